The van der Waals surface area contributed by atoms with E-state index >= 15 is 0 Å². The van der Waals surface area contributed by atoms with E-state index in [1.807, 2.05) is 24.3 Å². The van der Waals surface area contributed by atoms with Gasteiger partial charge in [0.15, 0.2) is 5.60 Å². The average Bonchev–Trinajstić information content (AvgIpc) is 2.93. The van der Waals surface area contributed by atoms with E-state index in [0.29, 0.717) is 0 Å². The molecule has 0 aromatic heterocycles. The zero-order valence-electron chi connectivity index (χ0n) is 12.8. The molecular weight excluding hydrogens is 407 g/mol. The van der Waals surface area contributed by atoms with Gasteiger partial charge in [0.1, 0.15) is 0 Å². The zero-order valence-corrected chi connectivity index (χ0v) is 14.9. The third-order valence-electron chi connectivity index (χ3n) is 4.85. The summed E-state index contributed by atoms with van der Waals surface area (Å²) in [4.78, 5) is 0. The minimum atomic E-state index is -1.37. The molecule has 3 aromatic rings. The molecule has 0 bridgehead atoms. The van der Waals surface area contributed by atoms with Crippen molar-refractivity contribution in [3.8, 4) is 23.5 Å². The lowest BCUT2D eigenvalue weighted by atomic mass is 9.87. The van der Waals surface area contributed by atoms with Crippen LogP contribution in [0.4, 0.5) is 0 Å². The van der Waals surface area contributed by atoms with E-state index in [9.17, 15) is 5.11 Å². The molecule has 0 fully saturated rings. The Morgan fingerprint density at radius 2 is 1.75 bits per heavy atom. The fourth-order valence-electron chi connectivity index (χ4n) is 3.88. The molecule has 0 radical (unpaired) electrons. The summed E-state index contributed by atoms with van der Waals surface area (Å²) in [6, 6.07) is 16.3. The summed E-state index contributed by atoms with van der Waals surface area (Å²) in [7, 11) is 0. The van der Waals surface area contributed by atoms with Crippen LogP contribution in [0.3, 0.4) is 0 Å². The van der Waals surface area contributed by atoms with Gasteiger partial charge in [-0.1, -0.05) is 87.3 Å². The Hall–Kier alpha value is -2.22. The summed E-state index contributed by atoms with van der Waals surface area (Å²) < 4.78 is 3.70. The molecule has 3 aromatic carbocycles. The third kappa shape index (κ3) is 1.61. The van der Waals surface area contributed by atoms with Crippen LogP contribution in [0, 0.1) is 15.9 Å². The van der Waals surface area contributed by atoms with E-state index < -0.39 is 5.60 Å². The number of halogens is 1. The van der Waals surface area contributed by atoms with Crippen LogP contribution in [0.15, 0.2) is 54.6 Å². The van der Waals surface area contributed by atoms with Crippen molar-refractivity contribution in [2.24, 2.45) is 0 Å². The van der Waals surface area contributed by atoms with Crippen molar-refractivity contribution in [3.63, 3.8) is 0 Å². The second kappa shape index (κ2) is 4.89. The van der Waals surface area contributed by atoms with Gasteiger partial charge in [0.05, 0.1) is 0 Å². The first-order chi connectivity index (χ1) is 11.8. The van der Waals surface area contributed by atoms with E-state index in [4.69, 9.17) is 6.42 Å². The molecule has 0 spiro atoms. The van der Waals surface area contributed by atoms with Crippen LogP contribution < -0.4 is 0 Å². The van der Waals surface area contributed by atoms with Gasteiger partial charge in [0, 0.05) is 14.7 Å². The molecule has 1 atom stereocenters. The quantitative estimate of drug-likeness (QED) is 0.415. The molecule has 1 aliphatic carbocycles. The number of terminal acetylenes is 1. The highest BCUT2D eigenvalue weighted by Crippen LogP contribution is 2.53. The molecule has 0 saturated carbocycles. The van der Waals surface area contributed by atoms with E-state index in [2.05, 4.69) is 46.3 Å². The molecule has 2 aliphatic rings. The Labute approximate surface area is 150 Å². The number of hydrogen-bond acceptors (Lipinski definition) is 1. The topological polar surface area (TPSA) is 20.2 Å². The lowest BCUT2D eigenvalue weighted by molar-refractivity contribution is 0.152. The molecule has 1 heterocycles. The van der Waals surface area contributed by atoms with Gasteiger partial charge in [-0.2, -0.15) is 0 Å². The van der Waals surface area contributed by atoms with Gasteiger partial charge in [-0.25, -0.2) is 0 Å². The van der Waals surface area contributed by atoms with Crippen LogP contribution >= 0.6 is 20.7 Å². The maximum absolute atomic E-state index is 11.4. The largest absolute Gasteiger partial charge is 0.369 e. The predicted molar refractivity (Wildman–Crippen MR) is 109 cm³/mol. The van der Waals surface area contributed by atoms with Gasteiger partial charge in [-0.3, -0.25) is 0 Å². The summed E-state index contributed by atoms with van der Waals surface area (Å²) in [6.45, 7) is 0. The zero-order chi connectivity index (χ0) is 16.3. The van der Waals surface area contributed by atoms with Crippen molar-refractivity contribution in [1.82, 2.24) is 0 Å². The van der Waals surface area contributed by atoms with Crippen LogP contribution in [-0.4, -0.2) is 9.12 Å². The van der Waals surface area contributed by atoms with Gasteiger partial charge in [0.25, 0.3) is 0 Å². The van der Waals surface area contributed by atoms with Crippen molar-refractivity contribution < 1.29 is 5.11 Å². The van der Waals surface area contributed by atoms with Crippen LogP contribution in [0.5, 0.6) is 0 Å². The van der Waals surface area contributed by atoms with Crippen molar-refractivity contribution in [2.75, 3.05) is 0 Å². The Bertz CT molecular complexity index is 1130. The Balaban J connectivity index is 2.10. The Morgan fingerprint density at radius 3 is 2.58 bits per heavy atom. The number of rotatable bonds is 0. The maximum Gasteiger partial charge on any atom is 0.178 e. The second-order valence-electron chi connectivity index (χ2n) is 6.02. The average molecular weight is 420 g/mol. The van der Waals surface area contributed by atoms with E-state index in [1.54, 1.807) is 0 Å². The summed E-state index contributed by atoms with van der Waals surface area (Å²) in [5, 5.41) is 13.7. The smallest absolute Gasteiger partial charge is 0.178 e. The highest BCUT2D eigenvalue weighted by atomic mass is 127. The van der Waals surface area contributed by atoms with Crippen LogP contribution in [0.1, 0.15) is 16.7 Å². The normalized spacial score (nSPS) is 20.0. The van der Waals surface area contributed by atoms with Gasteiger partial charge in [-0.15, -0.1) is 6.42 Å². The number of benzene rings is 3. The standard InChI is InChI=1S/C22H13IO/c1-2-22(24)18-12-6-5-10-16(18)19-17-11-7-13-23-21(17)15-9-4-3-8-14(15)20(19)22/h1,3-13,24H. The fraction of sp³-hybridized carbons (Fsp3) is 0.0455. The molecule has 0 amide bonds. The number of allylic oxidation sites excluding steroid dienone is 1. The second-order valence-corrected chi connectivity index (χ2v) is 8.44. The molecule has 114 valence electrons. The van der Waals surface area contributed by atoms with Crippen molar-refractivity contribution in [1.29, 1.82) is 0 Å². The summed E-state index contributed by atoms with van der Waals surface area (Å²) in [5.74, 6) is 2.68. The monoisotopic (exact) mass is 420 g/mol. The summed E-state index contributed by atoms with van der Waals surface area (Å²) >= 11 is -0.187. The number of aliphatic hydroxyl groups is 1. The molecule has 2 heteroatoms. The predicted octanol–water partition coefficient (Wildman–Crippen LogP) is 4.66. The number of hydrogen-bond donors (Lipinski definition) is 1. The first kappa shape index (κ1) is 14.2. The van der Waals surface area contributed by atoms with Gasteiger partial charge in [0.2, 0.25) is 0 Å². The first-order valence-corrected chi connectivity index (χ1v) is 10.1. The Morgan fingerprint density at radius 1 is 1.00 bits per heavy atom. The van der Waals surface area contributed by atoms with E-state index in [-0.39, 0.29) is 20.7 Å². The molecule has 5 rings (SSSR count). The maximum atomic E-state index is 11.4. The minimum Gasteiger partial charge on any atom is -0.369 e. The molecule has 1 nitrogen and oxygen atoms in total. The number of fused-ring (bicyclic) bond motifs is 8. The Kier molecular flexibility index (Phi) is 2.88. The summed E-state index contributed by atoms with van der Waals surface area (Å²) in [6.07, 6.45) is 10.2. The van der Waals surface area contributed by atoms with Crippen molar-refractivity contribution in [3.05, 3.63) is 74.9 Å². The third-order valence-corrected chi connectivity index (χ3v) is 7.41. The SMILES string of the molecule is C#CC1(O)c2ccccc2-c2c3c(c4ccccc4c21)I=CC=C3. The molecule has 1 aliphatic heterocycles. The van der Waals surface area contributed by atoms with Crippen LogP contribution in [0.2, 0.25) is 0 Å². The molecule has 24 heavy (non-hydrogen) atoms. The molecule has 1 unspecified atom stereocenters. The lowest BCUT2D eigenvalue weighted by Crippen LogP contribution is -2.22. The lowest BCUT2D eigenvalue weighted by Gasteiger charge is -2.22. The fourth-order valence-corrected chi connectivity index (χ4v) is 6.25. The van der Waals surface area contributed by atoms with Crippen LogP contribution in [0.25, 0.3) is 28.0 Å². The highest BCUT2D eigenvalue weighted by molar-refractivity contribution is 14.2. The van der Waals surface area contributed by atoms with Crippen LogP contribution in [-0.2, 0) is 5.60 Å². The van der Waals surface area contributed by atoms with Gasteiger partial charge >= 0.3 is 0 Å². The van der Waals surface area contributed by atoms with E-state index in [1.165, 1.54) is 14.5 Å². The van der Waals surface area contributed by atoms with Gasteiger partial charge in [-0.05, 0) is 31.5 Å². The highest BCUT2D eigenvalue weighted by Gasteiger charge is 2.43. The molecular formula is C22H13IO. The summed E-state index contributed by atoms with van der Waals surface area (Å²) in [5.41, 5.74) is 3.73. The van der Waals surface area contributed by atoms with Gasteiger partial charge < -0.3 is 5.11 Å². The molecule has 0 saturated heterocycles. The van der Waals surface area contributed by atoms with Crippen molar-refractivity contribution in [2.45, 2.75) is 5.60 Å². The minimum absolute atomic E-state index is 0.187. The van der Waals surface area contributed by atoms with E-state index in [0.717, 1.165) is 27.6 Å². The molecule has 1 N–H and O–H groups in total. The first-order valence-electron chi connectivity index (χ1n) is 7.78. The van der Waals surface area contributed by atoms with Crippen molar-refractivity contribution >= 4 is 41.6 Å².